The monoisotopic (exact) mass is 516 g/mol. The van der Waals surface area contributed by atoms with Crippen molar-refractivity contribution in [3.8, 4) is 0 Å². The Morgan fingerprint density at radius 1 is 0.636 bits per heavy atom. The largest absolute Gasteiger partial charge is 0.462 e. The van der Waals surface area contributed by atoms with E-state index in [9.17, 15) is 67.7 Å². The molecule has 1 aliphatic carbocycles. The lowest BCUT2D eigenvalue weighted by Gasteiger charge is -2.48. The van der Waals surface area contributed by atoms with Crippen LogP contribution in [0.2, 0.25) is 0 Å². The van der Waals surface area contributed by atoms with Crippen LogP contribution in [0.5, 0.6) is 0 Å². The minimum atomic E-state index is -6.58. The Hall–Kier alpha value is -1.45. The molecule has 1 fully saturated rings. The molecule has 33 heavy (non-hydrogen) atoms. The Labute approximate surface area is 178 Å². The van der Waals surface area contributed by atoms with Crippen molar-refractivity contribution < 1.29 is 72.4 Å². The molecular weight excluding hydrogens is 496 g/mol. The fraction of sp³-hybridized carbons (Fsp3) is 0.941. The van der Waals surface area contributed by atoms with Gasteiger partial charge in [-0.1, -0.05) is 0 Å². The lowest BCUT2D eigenvalue weighted by atomic mass is 9.65. The molecule has 0 bridgehead atoms. The second kappa shape index (κ2) is 8.34. The van der Waals surface area contributed by atoms with Crippen molar-refractivity contribution >= 4 is 5.97 Å². The summed E-state index contributed by atoms with van der Waals surface area (Å²) in [6.45, 7) is 3.45. The zero-order valence-corrected chi connectivity index (χ0v) is 17.1. The van der Waals surface area contributed by atoms with E-state index in [1.165, 1.54) is 0 Å². The summed E-state index contributed by atoms with van der Waals surface area (Å²) in [5.74, 6) is -8.09. The number of alkyl halides is 12. The van der Waals surface area contributed by atoms with Gasteiger partial charge in [-0.25, -0.2) is 0 Å². The number of aliphatic hydroxyl groups is 2. The van der Waals surface area contributed by atoms with Gasteiger partial charge < -0.3 is 14.9 Å². The predicted molar refractivity (Wildman–Crippen MR) is 84.3 cm³/mol. The lowest BCUT2D eigenvalue weighted by molar-refractivity contribution is -0.405. The van der Waals surface area contributed by atoms with Crippen LogP contribution in [0, 0.1) is 17.3 Å². The third-order valence-electron chi connectivity index (χ3n) is 5.46. The third kappa shape index (κ3) is 5.30. The summed E-state index contributed by atoms with van der Waals surface area (Å²) >= 11 is 0. The van der Waals surface area contributed by atoms with Gasteiger partial charge in [-0.2, -0.15) is 52.7 Å². The number of carbonyl (C=O) groups is 1. The minimum Gasteiger partial charge on any atom is -0.462 e. The van der Waals surface area contributed by atoms with E-state index in [-0.39, 0.29) is 0 Å². The van der Waals surface area contributed by atoms with Crippen LogP contribution in [-0.2, 0) is 9.53 Å². The van der Waals surface area contributed by atoms with E-state index < -0.39 is 84.5 Å². The van der Waals surface area contributed by atoms with Crippen LogP contribution < -0.4 is 0 Å². The maximum Gasteiger partial charge on any atom is 0.426 e. The first kappa shape index (κ1) is 29.6. The summed E-state index contributed by atoms with van der Waals surface area (Å²) in [6, 6.07) is 0. The fourth-order valence-corrected chi connectivity index (χ4v) is 3.62. The SMILES string of the molecule is CC(C)(C)C(=O)OC1CC(C(O)(C(F)(F)F)C(F)(F)F)CC(C(O)(C(F)(F)F)C(F)(F)F)C1. The van der Waals surface area contributed by atoms with Gasteiger partial charge >= 0.3 is 30.7 Å². The molecule has 16 heteroatoms. The molecule has 1 saturated carbocycles. The van der Waals surface area contributed by atoms with Crippen LogP contribution in [0.15, 0.2) is 0 Å². The molecule has 1 rings (SSSR count). The highest BCUT2D eigenvalue weighted by atomic mass is 19.4. The first-order valence-corrected chi connectivity index (χ1v) is 9.14. The van der Waals surface area contributed by atoms with Crippen molar-refractivity contribution in [2.24, 2.45) is 17.3 Å². The molecule has 2 N–H and O–H groups in total. The van der Waals surface area contributed by atoms with Gasteiger partial charge in [-0.3, -0.25) is 4.79 Å². The minimum absolute atomic E-state index is 1.15. The predicted octanol–water partition coefficient (Wildman–Crippen LogP) is 5.07. The number of hydrogen-bond donors (Lipinski definition) is 2. The second-order valence-corrected chi connectivity index (χ2v) is 8.90. The summed E-state index contributed by atoms with van der Waals surface area (Å²) in [7, 11) is 0. The van der Waals surface area contributed by atoms with Gasteiger partial charge in [-0.05, 0) is 40.0 Å². The van der Waals surface area contributed by atoms with E-state index in [4.69, 9.17) is 0 Å². The molecule has 0 heterocycles. The number of halogens is 12. The Bertz CT molecular complexity index is 640. The van der Waals surface area contributed by atoms with Crippen molar-refractivity contribution in [1.82, 2.24) is 0 Å². The van der Waals surface area contributed by atoms with Crippen molar-refractivity contribution in [3.63, 3.8) is 0 Å². The lowest BCUT2D eigenvalue weighted by Crippen LogP contribution is -2.67. The Balaban J connectivity index is 3.69. The van der Waals surface area contributed by atoms with Gasteiger partial charge in [0.25, 0.3) is 11.2 Å². The summed E-state index contributed by atoms with van der Waals surface area (Å²) < 4.78 is 164. The zero-order valence-electron chi connectivity index (χ0n) is 17.1. The van der Waals surface area contributed by atoms with Crippen LogP contribution in [-0.4, -0.2) is 58.2 Å². The quantitative estimate of drug-likeness (QED) is 0.406. The van der Waals surface area contributed by atoms with E-state index in [0.717, 1.165) is 20.8 Å². The zero-order chi connectivity index (χ0) is 26.6. The molecule has 4 nitrogen and oxygen atoms in total. The maximum atomic E-state index is 13.3. The molecule has 0 radical (unpaired) electrons. The van der Waals surface area contributed by atoms with Gasteiger partial charge in [0.15, 0.2) is 0 Å². The number of rotatable bonds is 3. The van der Waals surface area contributed by atoms with Gasteiger partial charge in [-0.15, -0.1) is 0 Å². The van der Waals surface area contributed by atoms with Gasteiger partial charge in [0.2, 0.25) is 0 Å². The molecule has 0 aromatic heterocycles. The standard InChI is InChI=1S/C17H20F12O4/c1-11(2,3)10(30)33-9-5-7(12(31,14(18,19)20)15(21,22)23)4-8(6-9)13(32,16(24,25)26)17(27,28)29/h7-9,31-32H,4-6H2,1-3H3. The van der Waals surface area contributed by atoms with Gasteiger partial charge in [0.1, 0.15) is 6.10 Å². The van der Waals surface area contributed by atoms with E-state index in [1.54, 1.807) is 0 Å². The van der Waals surface area contributed by atoms with E-state index in [1.807, 2.05) is 0 Å². The summed E-state index contributed by atoms with van der Waals surface area (Å²) in [4.78, 5) is 12.0. The molecule has 0 spiro atoms. The van der Waals surface area contributed by atoms with Crippen molar-refractivity contribution in [3.05, 3.63) is 0 Å². The Kier molecular flexibility index (Phi) is 7.48. The molecular formula is C17H20F12O4. The average Bonchev–Trinajstić information content (AvgIpc) is 2.54. The summed E-state index contributed by atoms with van der Waals surface area (Å²) in [5, 5.41) is 19.2. The van der Waals surface area contributed by atoms with Crippen LogP contribution in [0.1, 0.15) is 40.0 Å². The van der Waals surface area contributed by atoms with Crippen LogP contribution >= 0.6 is 0 Å². The second-order valence-electron chi connectivity index (χ2n) is 8.90. The fourth-order valence-electron chi connectivity index (χ4n) is 3.62. The van der Waals surface area contributed by atoms with E-state index in [2.05, 4.69) is 4.74 Å². The molecule has 0 aromatic rings. The van der Waals surface area contributed by atoms with Crippen LogP contribution in [0.4, 0.5) is 52.7 Å². The molecule has 0 aliphatic heterocycles. The molecule has 196 valence electrons. The average molecular weight is 516 g/mol. The first-order chi connectivity index (χ1) is 14.2. The highest BCUT2D eigenvalue weighted by Gasteiger charge is 2.78. The third-order valence-corrected chi connectivity index (χ3v) is 5.46. The normalized spacial score (nSPS) is 24.6. The van der Waals surface area contributed by atoms with Crippen molar-refractivity contribution in [2.75, 3.05) is 0 Å². The smallest absolute Gasteiger partial charge is 0.426 e. The number of hydrogen-bond acceptors (Lipinski definition) is 4. The molecule has 2 unspecified atom stereocenters. The molecule has 1 aliphatic rings. The number of ether oxygens (including phenoxy) is 1. The Morgan fingerprint density at radius 2 is 0.909 bits per heavy atom. The van der Waals surface area contributed by atoms with Crippen molar-refractivity contribution in [1.29, 1.82) is 0 Å². The maximum absolute atomic E-state index is 13.3. The first-order valence-electron chi connectivity index (χ1n) is 9.14. The van der Waals surface area contributed by atoms with Crippen LogP contribution in [0.25, 0.3) is 0 Å². The van der Waals surface area contributed by atoms with Crippen molar-refractivity contribution in [2.45, 2.75) is 82.0 Å². The topological polar surface area (TPSA) is 66.8 Å². The highest BCUT2D eigenvalue weighted by molar-refractivity contribution is 5.75. The Morgan fingerprint density at radius 3 is 1.12 bits per heavy atom. The molecule has 0 saturated heterocycles. The highest BCUT2D eigenvalue weighted by Crippen LogP contribution is 2.58. The molecule has 0 aromatic carbocycles. The molecule has 2 atom stereocenters. The van der Waals surface area contributed by atoms with E-state index >= 15 is 0 Å². The summed E-state index contributed by atoms with van der Waals surface area (Å²) in [5.41, 5.74) is -13.0. The summed E-state index contributed by atoms with van der Waals surface area (Å²) in [6.07, 6.45) is -34.0. The number of carbonyl (C=O) groups excluding carboxylic acids is 1. The van der Waals surface area contributed by atoms with Gasteiger partial charge in [0.05, 0.1) is 5.41 Å². The molecule has 0 amide bonds. The van der Waals surface area contributed by atoms with E-state index in [0.29, 0.717) is 0 Å². The number of esters is 1. The van der Waals surface area contributed by atoms with Gasteiger partial charge in [0, 0.05) is 11.8 Å². The van der Waals surface area contributed by atoms with Crippen LogP contribution in [0.3, 0.4) is 0 Å².